The molecule has 0 aliphatic heterocycles. The molecule has 47 heavy (non-hydrogen) atoms. The van der Waals surface area contributed by atoms with Crippen LogP contribution in [0.2, 0.25) is 0 Å². The third-order valence-electron chi connectivity index (χ3n) is 7.48. The monoisotopic (exact) mass is 863 g/mol. The zero-order chi connectivity index (χ0) is 34.7. The van der Waals surface area contributed by atoms with Crippen LogP contribution in [-0.2, 0) is 21.1 Å². The van der Waals surface area contributed by atoms with Gasteiger partial charge in [0.25, 0.3) is 0 Å². The Morgan fingerprint density at radius 2 is 0.660 bits per heavy atom. The standard InChI is InChI=1S/2C12H27P.2C9H8O.Pt/c2*1-4-7-10-13(11-8-5-2)12-9-6-3;2*1-3-8-4-6-9(10-2)7-5-8;/h2*4-12H2,1-3H3;2*1,4-7H,2H3;. The first-order valence-corrected chi connectivity index (χ1v) is 21.9. The van der Waals surface area contributed by atoms with E-state index in [1.165, 1.54) is 77.0 Å². The molecule has 0 bridgehead atoms. The van der Waals surface area contributed by atoms with E-state index in [0.717, 1.165) is 22.6 Å². The van der Waals surface area contributed by atoms with Gasteiger partial charge in [0, 0.05) is 32.2 Å². The Bertz CT molecular complexity index is 860. The number of hydrogen-bond acceptors (Lipinski definition) is 2. The number of methoxy groups -OCH3 is 2. The second-order valence-electron chi connectivity index (χ2n) is 11.6. The maximum Gasteiger partial charge on any atom is 0.118 e. The zero-order valence-electron chi connectivity index (χ0n) is 31.5. The van der Waals surface area contributed by atoms with Gasteiger partial charge in [-0.25, -0.2) is 0 Å². The zero-order valence-corrected chi connectivity index (χ0v) is 35.6. The average molecular weight is 864 g/mol. The van der Waals surface area contributed by atoms with E-state index < -0.39 is 0 Å². The summed E-state index contributed by atoms with van der Waals surface area (Å²) in [7, 11) is 4.10. The van der Waals surface area contributed by atoms with Crippen LogP contribution in [0.15, 0.2) is 48.5 Å². The van der Waals surface area contributed by atoms with Crippen LogP contribution in [0.25, 0.3) is 0 Å². The number of terminal acetylenes is 2. The van der Waals surface area contributed by atoms with Crippen molar-refractivity contribution >= 4 is 15.8 Å². The molecule has 0 spiro atoms. The Hall–Kier alpha value is -1.29. The summed E-state index contributed by atoms with van der Waals surface area (Å²) in [6.07, 6.45) is 36.7. The summed E-state index contributed by atoms with van der Waals surface area (Å²) < 4.78 is 9.89. The molecule has 0 aliphatic rings. The topological polar surface area (TPSA) is 18.5 Å². The summed E-state index contributed by atoms with van der Waals surface area (Å²) in [5, 5.41) is 0. The molecular formula is C42H70O2P2Pt. The minimum Gasteiger partial charge on any atom is -0.497 e. The maximum atomic E-state index is 5.15. The largest absolute Gasteiger partial charge is 0.497 e. The Kier molecular flexibility index (Phi) is 41.7. The molecule has 0 N–H and O–H groups in total. The molecule has 0 saturated heterocycles. The minimum atomic E-state index is 0. The van der Waals surface area contributed by atoms with Crippen molar-refractivity contribution in [2.24, 2.45) is 0 Å². The number of rotatable bonds is 20. The number of benzene rings is 2. The molecule has 2 rings (SSSR count). The predicted molar refractivity (Wildman–Crippen MR) is 214 cm³/mol. The van der Waals surface area contributed by atoms with Crippen molar-refractivity contribution in [2.75, 3.05) is 51.2 Å². The van der Waals surface area contributed by atoms with Gasteiger partial charge in [-0.15, -0.1) is 28.7 Å². The molecule has 0 aliphatic carbocycles. The summed E-state index contributed by atoms with van der Waals surface area (Å²) in [6, 6.07) is 14.8. The van der Waals surface area contributed by atoms with Crippen molar-refractivity contribution in [3.05, 3.63) is 59.7 Å². The van der Waals surface area contributed by atoms with Crippen LogP contribution in [0.3, 0.4) is 0 Å². The van der Waals surface area contributed by atoms with Crippen LogP contribution in [0, 0.1) is 24.7 Å². The molecule has 2 aromatic carbocycles. The number of unbranched alkanes of at least 4 members (excludes halogenated alkanes) is 6. The van der Waals surface area contributed by atoms with E-state index in [-0.39, 0.29) is 21.1 Å². The third kappa shape index (κ3) is 31.7. The summed E-state index contributed by atoms with van der Waals surface area (Å²) in [5.74, 6) is 6.71. The summed E-state index contributed by atoms with van der Waals surface area (Å²) in [6.45, 7) is 13.9. The van der Waals surface area contributed by atoms with Gasteiger partial charge in [-0.05, 0) is 124 Å². The first kappa shape index (κ1) is 50.1. The SMILES string of the molecule is C#Cc1ccc(OC)cc1.C#Cc1ccc(OC)cc1.CCCCP(CCCC)CCCC.CCCCP(CCCC)CCCC.[Pt]. The predicted octanol–water partition coefficient (Wildman–Crippen LogP) is 13.1. The quantitative estimate of drug-likeness (QED) is 0.0975. The van der Waals surface area contributed by atoms with Crippen LogP contribution < -0.4 is 9.47 Å². The Morgan fingerprint density at radius 1 is 0.447 bits per heavy atom. The van der Waals surface area contributed by atoms with Crippen LogP contribution in [0.5, 0.6) is 11.5 Å². The number of hydrogen-bond donors (Lipinski definition) is 0. The molecule has 0 unspecified atom stereocenters. The summed E-state index contributed by atoms with van der Waals surface area (Å²) >= 11 is 0. The average Bonchev–Trinajstić information content (AvgIpc) is 3.11. The summed E-state index contributed by atoms with van der Waals surface area (Å²) in [5.41, 5.74) is 1.75. The van der Waals surface area contributed by atoms with Gasteiger partial charge in [-0.3, -0.25) is 0 Å². The van der Waals surface area contributed by atoms with Crippen molar-refractivity contribution < 1.29 is 30.5 Å². The van der Waals surface area contributed by atoms with Crippen molar-refractivity contribution in [2.45, 2.75) is 119 Å². The van der Waals surface area contributed by atoms with Gasteiger partial charge >= 0.3 is 0 Å². The fourth-order valence-corrected chi connectivity index (χ4v) is 10.3. The number of ether oxygens (including phenoxy) is 2. The van der Waals surface area contributed by atoms with Crippen molar-refractivity contribution in [1.82, 2.24) is 0 Å². The smallest absolute Gasteiger partial charge is 0.118 e. The van der Waals surface area contributed by atoms with Gasteiger partial charge in [-0.2, -0.15) is 0 Å². The van der Waals surface area contributed by atoms with Gasteiger partial charge in [0.05, 0.1) is 14.2 Å². The van der Waals surface area contributed by atoms with E-state index in [2.05, 4.69) is 53.4 Å². The van der Waals surface area contributed by atoms with E-state index in [0.29, 0.717) is 15.8 Å². The fraction of sp³-hybridized carbons (Fsp3) is 0.619. The van der Waals surface area contributed by atoms with Crippen molar-refractivity contribution in [3.8, 4) is 36.2 Å². The molecule has 5 heteroatoms. The Morgan fingerprint density at radius 3 is 0.809 bits per heavy atom. The maximum absolute atomic E-state index is 5.15. The van der Waals surface area contributed by atoms with Gasteiger partial charge in [0.15, 0.2) is 0 Å². The molecule has 0 amide bonds. The van der Waals surface area contributed by atoms with Gasteiger partial charge in [0.2, 0.25) is 0 Å². The second-order valence-corrected chi connectivity index (χ2v) is 16.9. The molecule has 2 aromatic rings. The van der Waals surface area contributed by atoms with Gasteiger partial charge in [-0.1, -0.05) is 91.9 Å². The van der Waals surface area contributed by atoms with E-state index in [9.17, 15) is 0 Å². The minimum absolute atomic E-state index is 0. The molecule has 2 nitrogen and oxygen atoms in total. The van der Waals surface area contributed by atoms with Crippen LogP contribution >= 0.6 is 15.8 Å². The van der Waals surface area contributed by atoms with Gasteiger partial charge in [0.1, 0.15) is 11.5 Å². The first-order chi connectivity index (χ1) is 22.4. The van der Waals surface area contributed by atoms with Crippen LogP contribution in [0.4, 0.5) is 0 Å². The summed E-state index contributed by atoms with van der Waals surface area (Å²) in [4.78, 5) is 0. The van der Waals surface area contributed by atoms with Crippen LogP contribution in [-0.4, -0.2) is 51.2 Å². The van der Waals surface area contributed by atoms with Crippen molar-refractivity contribution in [3.63, 3.8) is 0 Å². The van der Waals surface area contributed by atoms with E-state index >= 15 is 0 Å². The molecule has 0 saturated carbocycles. The molecular weight excluding hydrogens is 793 g/mol. The third-order valence-corrected chi connectivity index (χ3v) is 13.2. The molecule has 0 fully saturated rings. The first-order valence-electron chi connectivity index (χ1n) is 18.1. The van der Waals surface area contributed by atoms with Crippen molar-refractivity contribution in [1.29, 1.82) is 0 Å². The molecule has 0 aromatic heterocycles. The molecule has 270 valence electrons. The molecule has 0 atom stereocenters. The second kappa shape index (κ2) is 39.1. The van der Waals surface area contributed by atoms with E-state index in [1.807, 2.05) is 48.5 Å². The fourth-order valence-electron chi connectivity index (χ4n) is 4.34. The van der Waals surface area contributed by atoms with E-state index in [4.69, 9.17) is 22.3 Å². The molecule has 0 radical (unpaired) electrons. The Balaban J connectivity index is -0.000000548. The van der Waals surface area contributed by atoms with E-state index in [1.54, 1.807) is 51.2 Å². The van der Waals surface area contributed by atoms with Gasteiger partial charge < -0.3 is 9.47 Å². The Labute approximate surface area is 310 Å². The normalized spacial score (nSPS) is 9.70. The van der Waals surface area contributed by atoms with Crippen LogP contribution in [0.1, 0.15) is 130 Å². The molecule has 0 heterocycles.